The van der Waals surface area contributed by atoms with Gasteiger partial charge in [-0.2, -0.15) is 0 Å². The van der Waals surface area contributed by atoms with E-state index in [1.54, 1.807) is 12.1 Å². The third-order valence-corrected chi connectivity index (χ3v) is 3.37. The Morgan fingerprint density at radius 2 is 1.95 bits per heavy atom. The molecule has 2 aromatic rings. The lowest BCUT2D eigenvalue weighted by Crippen LogP contribution is -2.03. The van der Waals surface area contributed by atoms with Crippen molar-refractivity contribution < 1.29 is 18.6 Å². The fourth-order valence-corrected chi connectivity index (χ4v) is 1.99. The zero-order chi connectivity index (χ0) is 14.7. The second-order valence-corrected chi connectivity index (χ2v) is 4.95. The van der Waals surface area contributed by atoms with Gasteiger partial charge in [0.05, 0.1) is 17.3 Å². The van der Waals surface area contributed by atoms with Gasteiger partial charge in [-0.25, -0.2) is 8.78 Å². The first-order valence-electron chi connectivity index (χ1n) is 5.75. The lowest BCUT2D eigenvalue weighted by atomic mass is 10.2. The van der Waals surface area contributed by atoms with E-state index in [4.69, 9.17) is 4.74 Å². The van der Waals surface area contributed by atoms with Crippen molar-refractivity contribution in [2.24, 2.45) is 0 Å². The third kappa shape index (κ3) is 3.19. The Kier molecular flexibility index (Phi) is 4.44. The summed E-state index contributed by atoms with van der Waals surface area (Å²) in [5, 5.41) is 12.4. The van der Waals surface area contributed by atoms with E-state index in [1.807, 2.05) is 0 Å². The molecule has 0 aliphatic heterocycles. The first-order chi connectivity index (χ1) is 9.51. The summed E-state index contributed by atoms with van der Waals surface area (Å²) in [7, 11) is 1.51. The summed E-state index contributed by atoms with van der Waals surface area (Å²) in [4.78, 5) is 0. The molecule has 0 aromatic heterocycles. The Hall–Kier alpha value is -1.82. The molecule has 0 fully saturated rings. The van der Waals surface area contributed by atoms with Gasteiger partial charge < -0.3 is 15.2 Å². The minimum Gasteiger partial charge on any atom is -0.508 e. The van der Waals surface area contributed by atoms with Gasteiger partial charge in [-0.05, 0) is 40.2 Å². The summed E-state index contributed by atoms with van der Waals surface area (Å²) in [5.41, 5.74) is 0.542. The summed E-state index contributed by atoms with van der Waals surface area (Å²) >= 11 is 2.91. The van der Waals surface area contributed by atoms with Crippen LogP contribution in [-0.2, 0) is 6.54 Å². The van der Waals surface area contributed by atoms with E-state index in [9.17, 15) is 13.9 Å². The Labute approximate surface area is 123 Å². The van der Waals surface area contributed by atoms with Crippen molar-refractivity contribution >= 4 is 21.6 Å². The summed E-state index contributed by atoms with van der Waals surface area (Å²) in [6.07, 6.45) is 0. The lowest BCUT2D eigenvalue weighted by molar-refractivity contribution is 0.411. The van der Waals surface area contributed by atoms with E-state index < -0.39 is 11.6 Å². The highest BCUT2D eigenvalue weighted by molar-refractivity contribution is 9.10. The molecular formula is C14H12BrF2NO2. The Morgan fingerprint density at radius 3 is 2.65 bits per heavy atom. The van der Waals surface area contributed by atoms with Gasteiger partial charge in [-0.3, -0.25) is 0 Å². The van der Waals surface area contributed by atoms with Gasteiger partial charge in [0.2, 0.25) is 0 Å². The summed E-state index contributed by atoms with van der Waals surface area (Å²) in [5.74, 6) is -0.525. The predicted molar refractivity (Wildman–Crippen MR) is 76.0 cm³/mol. The Balaban J connectivity index is 2.18. The van der Waals surface area contributed by atoms with E-state index in [0.29, 0.717) is 11.3 Å². The van der Waals surface area contributed by atoms with Crippen molar-refractivity contribution in [3.05, 3.63) is 52.0 Å². The van der Waals surface area contributed by atoms with Crippen LogP contribution < -0.4 is 10.1 Å². The molecule has 0 aliphatic carbocycles. The van der Waals surface area contributed by atoms with Crippen molar-refractivity contribution in [3.8, 4) is 11.5 Å². The fourth-order valence-electron chi connectivity index (χ4n) is 1.68. The molecule has 3 nitrogen and oxygen atoms in total. The zero-order valence-electron chi connectivity index (χ0n) is 10.6. The van der Waals surface area contributed by atoms with Crippen LogP contribution in [-0.4, -0.2) is 12.2 Å². The molecule has 0 saturated carbocycles. The van der Waals surface area contributed by atoms with E-state index in [-0.39, 0.29) is 22.5 Å². The van der Waals surface area contributed by atoms with Crippen LogP contribution in [0.5, 0.6) is 11.5 Å². The van der Waals surface area contributed by atoms with Crippen molar-refractivity contribution in [1.82, 2.24) is 0 Å². The number of hydrogen-bond donors (Lipinski definition) is 2. The number of aromatic hydroxyl groups is 1. The smallest absolute Gasteiger partial charge is 0.147 e. The molecule has 0 atom stereocenters. The maximum atomic E-state index is 13.6. The van der Waals surface area contributed by atoms with Crippen molar-refractivity contribution in [3.63, 3.8) is 0 Å². The minimum atomic E-state index is -0.583. The van der Waals surface area contributed by atoms with E-state index in [2.05, 4.69) is 21.2 Å². The van der Waals surface area contributed by atoms with Crippen molar-refractivity contribution in [1.29, 1.82) is 0 Å². The Morgan fingerprint density at radius 1 is 1.20 bits per heavy atom. The number of halogens is 3. The van der Waals surface area contributed by atoms with Gasteiger partial charge in [-0.15, -0.1) is 0 Å². The number of ether oxygens (including phenoxy) is 1. The SMILES string of the molecule is COc1ccc(O)c(CNc2cc(F)c(Br)cc2F)c1. The van der Waals surface area contributed by atoms with Crippen molar-refractivity contribution in [2.75, 3.05) is 12.4 Å². The number of anilines is 1. The van der Waals surface area contributed by atoms with Gasteiger partial charge in [0.15, 0.2) is 0 Å². The average molecular weight is 344 g/mol. The van der Waals surface area contributed by atoms with E-state index in [1.165, 1.54) is 13.2 Å². The Bertz CT molecular complexity index is 635. The molecule has 0 radical (unpaired) electrons. The molecule has 6 heteroatoms. The molecule has 2 rings (SSSR count). The topological polar surface area (TPSA) is 41.5 Å². The molecule has 20 heavy (non-hydrogen) atoms. The monoisotopic (exact) mass is 343 g/mol. The highest BCUT2D eigenvalue weighted by atomic mass is 79.9. The average Bonchev–Trinajstić information content (AvgIpc) is 2.43. The molecule has 0 bridgehead atoms. The van der Waals surface area contributed by atoms with Crippen LogP contribution in [0.25, 0.3) is 0 Å². The number of methoxy groups -OCH3 is 1. The molecule has 0 aliphatic rings. The molecule has 0 saturated heterocycles. The molecule has 2 aromatic carbocycles. The van der Waals surface area contributed by atoms with Crippen LogP contribution in [0.1, 0.15) is 5.56 Å². The van der Waals surface area contributed by atoms with Gasteiger partial charge in [-0.1, -0.05) is 0 Å². The molecular weight excluding hydrogens is 332 g/mol. The number of rotatable bonds is 4. The maximum absolute atomic E-state index is 13.6. The zero-order valence-corrected chi connectivity index (χ0v) is 12.2. The highest BCUT2D eigenvalue weighted by Crippen LogP contribution is 2.26. The number of phenolic OH excluding ortho intramolecular Hbond substituents is 1. The quantitative estimate of drug-likeness (QED) is 0.822. The number of hydrogen-bond acceptors (Lipinski definition) is 3. The number of nitrogens with one attached hydrogen (secondary N) is 1. The largest absolute Gasteiger partial charge is 0.508 e. The van der Waals surface area contributed by atoms with Crippen LogP contribution in [0.4, 0.5) is 14.5 Å². The first-order valence-corrected chi connectivity index (χ1v) is 6.55. The predicted octanol–water partition coefficient (Wildman–Crippen LogP) is 4.05. The highest BCUT2D eigenvalue weighted by Gasteiger charge is 2.09. The molecule has 0 amide bonds. The second-order valence-electron chi connectivity index (χ2n) is 4.09. The van der Waals surface area contributed by atoms with Crippen LogP contribution in [0, 0.1) is 11.6 Å². The van der Waals surface area contributed by atoms with Crippen LogP contribution in [0.2, 0.25) is 0 Å². The molecule has 0 spiro atoms. The fraction of sp³-hybridized carbons (Fsp3) is 0.143. The lowest BCUT2D eigenvalue weighted by Gasteiger charge is -2.11. The van der Waals surface area contributed by atoms with E-state index >= 15 is 0 Å². The first kappa shape index (κ1) is 14.6. The second kappa shape index (κ2) is 6.09. The summed E-state index contributed by atoms with van der Waals surface area (Å²) in [6.45, 7) is 0.140. The number of benzene rings is 2. The standard InChI is InChI=1S/C14H12BrF2NO2/c1-20-9-2-3-14(19)8(4-9)7-18-13-6-11(16)10(15)5-12(13)17/h2-6,18-19H,7H2,1H3. The number of phenols is 1. The normalized spacial score (nSPS) is 10.4. The van der Waals surface area contributed by atoms with Crippen molar-refractivity contribution in [2.45, 2.75) is 6.54 Å². The van der Waals surface area contributed by atoms with Crippen LogP contribution in [0.3, 0.4) is 0 Å². The molecule has 2 N–H and O–H groups in total. The maximum Gasteiger partial charge on any atom is 0.147 e. The van der Waals surface area contributed by atoms with E-state index in [0.717, 1.165) is 12.1 Å². The van der Waals surface area contributed by atoms with Crippen LogP contribution in [0.15, 0.2) is 34.8 Å². The molecule has 0 heterocycles. The van der Waals surface area contributed by atoms with Gasteiger partial charge in [0, 0.05) is 18.2 Å². The van der Waals surface area contributed by atoms with Gasteiger partial charge in [0.25, 0.3) is 0 Å². The van der Waals surface area contributed by atoms with Crippen LogP contribution >= 0.6 is 15.9 Å². The molecule has 106 valence electrons. The van der Waals surface area contributed by atoms with Gasteiger partial charge in [0.1, 0.15) is 23.1 Å². The minimum absolute atomic E-state index is 0.0212. The summed E-state index contributed by atoms with van der Waals surface area (Å²) in [6, 6.07) is 6.81. The molecule has 0 unspecified atom stereocenters. The third-order valence-electron chi connectivity index (χ3n) is 2.77. The van der Waals surface area contributed by atoms with Gasteiger partial charge >= 0.3 is 0 Å². The summed E-state index contributed by atoms with van der Waals surface area (Å²) < 4.78 is 32.1.